The average molecular weight is 517 g/mol. The van der Waals surface area contributed by atoms with E-state index in [1.165, 1.54) is 11.1 Å². The van der Waals surface area contributed by atoms with Gasteiger partial charge in [-0.1, -0.05) is 43.7 Å². The summed E-state index contributed by atoms with van der Waals surface area (Å²) < 4.78 is 7.65. The summed E-state index contributed by atoms with van der Waals surface area (Å²) in [5, 5.41) is 13.9. The van der Waals surface area contributed by atoms with Crippen LogP contribution in [0, 0.1) is 6.92 Å². The van der Waals surface area contributed by atoms with Gasteiger partial charge < -0.3 is 9.72 Å². The Balaban J connectivity index is 1.73. The Hall–Kier alpha value is -3.52. The first-order valence-corrected chi connectivity index (χ1v) is 13.6. The lowest BCUT2D eigenvalue weighted by atomic mass is 10.0. The van der Waals surface area contributed by atoms with Gasteiger partial charge in [0, 0.05) is 29.6 Å². The van der Waals surface area contributed by atoms with E-state index < -0.39 is 0 Å². The van der Waals surface area contributed by atoms with Crippen LogP contribution in [0.5, 0.6) is 5.75 Å². The van der Waals surface area contributed by atoms with E-state index >= 15 is 0 Å². The average Bonchev–Trinajstić information content (AvgIpc) is 3.39. The van der Waals surface area contributed by atoms with Crippen LogP contribution in [0.25, 0.3) is 10.9 Å². The monoisotopic (exact) mass is 516 g/mol. The number of benzene rings is 2. The molecule has 2 aromatic carbocycles. The summed E-state index contributed by atoms with van der Waals surface area (Å²) in [6, 6.07) is 16.3. The van der Waals surface area contributed by atoms with E-state index in [4.69, 9.17) is 4.74 Å². The highest BCUT2D eigenvalue weighted by molar-refractivity contribution is 5.80. The minimum atomic E-state index is -0.218. The number of fused-ring (bicyclic) bond motifs is 1. The molecule has 0 unspecified atom stereocenters. The highest BCUT2D eigenvalue weighted by atomic mass is 16.5. The van der Waals surface area contributed by atoms with E-state index in [2.05, 4.69) is 84.3 Å². The predicted octanol–water partition coefficient (Wildman–Crippen LogP) is 5.56. The Kier molecular flexibility index (Phi) is 8.62. The Morgan fingerprint density at radius 3 is 2.63 bits per heavy atom. The fourth-order valence-corrected chi connectivity index (χ4v) is 4.89. The van der Waals surface area contributed by atoms with Crippen molar-refractivity contribution in [1.82, 2.24) is 30.1 Å². The van der Waals surface area contributed by atoms with E-state index in [1.807, 2.05) is 35.9 Å². The molecule has 1 atom stereocenters. The van der Waals surface area contributed by atoms with Crippen LogP contribution in [-0.2, 0) is 18.5 Å². The molecule has 4 rings (SSSR count). The fraction of sp³-hybridized carbons (Fsp3) is 0.467. The largest absolute Gasteiger partial charge is 0.494 e. The van der Waals surface area contributed by atoms with Crippen LogP contribution in [0.4, 0.5) is 0 Å². The first-order valence-electron chi connectivity index (χ1n) is 13.6. The lowest BCUT2D eigenvalue weighted by molar-refractivity contribution is 0.160. The molecule has 0 saturated carbocycles. The Bertz CT molecular complexity index is 1420. The molecule has 8 nitrogen and oxygen atoms in total. The summed E-state index contributed by atoms with van der Waals surface area (Å²) in [5.74, 6) is 1.63. The van der Waals surface area contributed by atoms with Crippen molar-refractivity contribution < 1.29 is 4.74 Å². The molecule has 0 fully saturated rings. The summed E-state index contributed by atoms with van der Waals surface area (Å²) >= 11 is 0. The van der Waals surface area contributed by atoms with Gasteiger partial charge in [0.2, 0.25) is 0 Å². The van der Waals surface area contributed by atoms with Gasteiger partial charge in [-0.05, 0) is 87.2 Å². The van der Waals surface area contributed by atoms with E-state index in [9.17, 15) is 4.79 Å². The van der Waals surface area contributed by atoms with Crippen LogP contribution in [0.1, 0.15) is 76.0 Å². The van der Waals surface area contributed by atoms with Crippen molar-refractivity contribution in [2.45, 2.75) is 78.9 Å². The highest BCUT2D eigenvalue weighted by Gasteiger charge is 2.31. The number of aryl methyl sites for hydroxylation is 1. The number of aromatic nitrogens is 5. The minimum absolute atomic E-state index is 0.0505. The van der Waals surface area contributed by atoms with Crippen LogP contribution in [0.2, 0.25) is 0 Å². The number of nitrogens with one attached hydrogen (secondary N) is 1. The van der Waals surface area contributed by atoms with Gasteiger partial charge in [-0.3, -0.25) is 9.69 Å². The molecule has 202 valence electrons. The molecule has 0 saturated heterocycles. The van der Waals surface area contributed by atoms with E-state index in [-0.39, 0.29) is 17.1 Å². The van der Waals surface area contributed by atoms with Gasteiger partial charge in [0.25, 0.3) is 5.56 Å². The summed E-state index contributed by atoms with van der Waals surface area (Å²) in [7, 11) is 0. The van der Waals surface area contributed by atoms with Gasteiger partial charge in [-0.15, -0.1) is 5.10 Å². The lowest BCUT2D eigenvalue weighted by Crippen LogP contribution is -2.37. The molecule has 38 heavy (non-hydrogen) atoms. The quantitative estimate of drug-likeness (QED) is 0.265. The van der Waals surface area contributed by atoms with E-state index in [0.717, 1.165) is 48.3 Å². The zero-order valence-corrected chi connectivity index (χ0v) is 23.5. The number of H-pyrrole nitrogens is 1. The molecular weight excluding hydrogens is 476 g/mol. The highest BCUT2D eigenvalue weighted by Crippen LogP contribution is 2.29. The molecular formula is C30H40N6O2. The minimum Gasteiger partial charge on any atom is -0.494 e. The third-order valence-corrected chi connectivity index (χ3v) is 7.40. The van der Waals surface area contributed by atoms with Gasteiger partial charge in [-0.25, -0.2) is 4.68 Å². The normalized spacial score (nSPS) is 12.8. The number of aromatic amines is 1. The second-order valence-electron chi connectivity index (χ2n) is 10.6. The van der Waals surface area contributed by atoms with Crippen molar-refractivity contribution in [3.8, 4) is 5.75 Å². The molecule has 0 radical (unpaired) electrons. The maximum absolute atomic E-state index is 13.2. The van der Waals surface area contributed by atoms with Crippen LogP contribution in [0.3, 0.4) is 0 Å². The van der Waals surface area contributed by atoms with Crippen LogP contribution < -0.4 is 10.3 Å². The van der Waals surface area contributed by atoms with Crippen molar-refractivity contribution in [3.05, 3.63) is 81.4 Å². The molecule has 0 aliphatic rings. The zero-order valence-electron chi connectivity index (χ0n) is 23.5. The Morgan fingerprint density at radius 1 is 1.11 bits per heavy atom. The van der Waals surface area contributed by atoms with Crippen LogP contribution in [-0.4, -0.2) is 43.2 Å². The van der Waals surface area contributed by atoms with Crippen molar-refractivity contribution in [2.75, 3.05) is 13.2 Å². The third kappa shape index (κ3) is 6.13. The standard InChI is InChI=1S/C30H40N6O2/c1-7-27(28-32-33-34-36(28)30(5,6)8-2)35(16-15-22-12-10-11-21(4)17-22)20-24-18-23-19-25(38-9-3)13-14-26(23)31-29(24)37/h10-14,17-19,27H,7-9,15-16,20H2,1-6H3,(H,31,37)/t27-/m1/s1. The number of hydrogen-bond donors (Lipinski definition) is 1. The first kappa shape index (κ1) is 27.5. The number of nitrogens with zero attached hydrogens (tertiary/aromatic N) is 5. The second kappa shape index (κ2) is 11.9. The van der Waals surface area contributed by atoms with Gasteiger partial charge in [-0.2, -0.15) is 0 Å². The van der Waals surface area contributed by atoms with Crippen molar-refractivity contribution >= 4 is 10.9 Å². The molecule has 0 amide bonds. The maximum Gasteiger partial charge on any atom is 0.252 e. The molecule has 0 aliphatic carbocycles. The zero-order chi connectivity index (χ0) is 27.3. The molecule has 4 aromatic rings. The third-order valence-electron chi connectivity index (χ3n) is 7.40. The second-order valence-corrected chi connectivity index (χ2v) is 10.6. The van der Waals surface area contributed by atoms with Gasteiger partial charge in [0.1, 0.15) is 5.75 Å². The smallest absolute Gasteiger partial charge is 0.252 e. The van der Waals surface area contributed by atoms with Crippen LogP contribution >= 0.6 is 0 Å². The first-order chi connectivity index (χ1) is 18.2. The SMILES string of the molecule is CCOc1ccc2[nH]c(=O)c(CN(CCc3cccc(C)c3)[C@H](CC)c3nnnn3C(C)(C)CC)cc2c1. The fourth-order valence-electron chi connectivity index (χ4n) is 4.89. The topological polar surface area (TPSA) is 88.9 Å². The van der Waals surface area contributed by atoms with Gasteiger partial charge in [0.05, 0.1) is 18.2 Å². The van der Waals surface area contributed by atoms with Crippen molar-refractivity contribution in [1.29, 1.82) is 0 Å². The summed E-state index contributed by atoms with van der Waals surface area (Å²) in [4.78, 5) is 18.6. The summed E-state index contributed by atoms with van der Waals surface area (Å²) in [6.07, 6.45) is 2.57. The van der Waals surface area contributed by atoms with E-state index in [1.54, 1.807) is 0 Å². The van der Waals surface area contributed by atoms with Crippen molar-refractivity contribution in [3.63, 3.8) is 0 Å². The Morgan fingerprint density at radius 2 is 1.92 bits per heavy atom. The molecule has 2 aromatic heterocycles. The molecule has 0 bridgehead atoms. The van der Waals surface area contributed by atoms with Gasteiger partial charge >= 0.3 is 0 Å². The molecule has 2 heterocycles. The van der Waals surface area contributed by atoms with E-state index in [0.29, 0.717) is 18.7 Å². The predicted molar refractivity (Wildman–Crippen MR) is 151 cm³/mol. The molecule has 8 heteroatoms. The summed E-state index contributed by atoms with van der Waals surface area (Å²) in [6.45, 7) is 14.5. The lowest BCUT2D eigenvalue weighted by Gasteiger charge is -2.33. The maximum atomic E-state index is 13.2. The number of tetrazole rings is 1. The summed E-state index contributed by atoms with van der Waals surface area (Å²) in [5.41, 5.74) is 3.73. The number of ether oxygens (including phenoxy) is 1. The van der Waals surface area contributed by atoms with Crippen molar-refractivity contribution in [2.24, 2.45) is 0 Å². The number of hydrogen-bond acceptors (Lipinski definition) is 6. The van der Waals surface area contributed by atoms with Crippen LogP contribution in [0.15, 0.2) is 53.3 Å². The molecule has 0 spiro atoms. The Labute approximate surface area is 225 Å². The van der Waals surface area contributed by atoms with Gasteiger partial charge in [0.15, 0.2) is 5.82 Å². The molecule has 0 aliphatic heterocycles. The molecule has 1 N–H and O–H groups in total. The number of pyridine rings is 1. The number of rotatable bonds is 12.